The van der Waals surface area contributed by atoms with Crippen molar-refractivity contribution in [3.05, 3.63) is 59.7 Å². The van der Waals surface area contributed by atoms with E-state index in [0.717, 1.165) is 74.9 Å². The predicted octanol–water partition coefficient (Wildman–Crippen LogP) is 2.22. The van der Waals surface area contributed by atoms with Crippen molar-refractivity contribution in [2.75, 3.05) is 45.9 Å². The van der Waals surface area contributed by atoms with Crippen LogP contribution < -0.4 is 10.1 Å². The highest BCUT2D eigenvalue weighted by Gasteiger charge is 2.14. The standard InChI is InChI=1S/C25H27FN8O2/c26-20-13-17(25-29-21-3-1-18(14-22(21)30-25)24-27-5-6-28-24)2-4-23(20)36-16-19-15-34(32-31-19)8-7-33-9-11-35-12-10-33/h1-4,13-15H,5-12,16H2,(H,27,28)(H,29,30). The average Bonchev–Trinajstić information content (AvgIpc) is 3.68. The van der Waals surface area contributed by atoms with Crippen molar-refractivity contribution in [1.82, 2.24) is 35.2 Å². The Bertz CT molecular complexity index is 1390. The highest BCUT2D eigenvalue weighted by Crippen LogP contribution is 2.26. The number of hydrogen-bond acceptors (Lipinski definition) is 8. The molecule has 0 saturated carbocycles. The van der Waals surface area contributed by atoms with Crippen LogP contribution >= 0.6 is 0 Å². The van der Waals surface area contributed by atoms with Gasteiger partial charge in [-0.25, -0.2) is 9.37 Å². The van der Waals surface area contributed by atoms with Crippen LogP contribution in [0, 0.1) is 5.82 Å². The fourth-order valence-electron chi connectivity index (χ4n) is 4.38. The van der Waals surface area contributed by atoms with E-state index in [1.54, 1.807) is 16.8 Å². The number of aromatic amines is 1. The Balaban J connectivity index is 1.09. The molecule has 0 atom stereocenters. The Morgan fingerprint density at radius 3 is 2.78 bits per heavy atom. The second-order valence-electron chi connectivity index (χ2n) is 8.84. The summed E-state index contributed by atoms with van der Waals surface area (Å²) in [6.45, 7) is 6.80. The van der Waals surface area contributed by atoms with Gasteiger partial charge in [-0.15, -0.1) is 5.10 Å². The van der Waals surface area contributed by atoms with Crippen molar-refractivity contribution in [2.45, 2.75) is 13.2 Å². The molecule has 2 aromatic heterocycles. The number of benzene rings is 2. The first-order valence-electron chi connectivity index (χ1n) is 12.1. The summed E-state index contributed by atoms with van der Waals surface area (Å²) in [5.41, 5.74) is 3.97. The Morgan fingerprint density at radius 2 is 1.94 bits per heavy atom. The summed E-state index contributed by atoms with van der Waals surface area (Å²) in [5.74, 6) is 1.18. The normalized spacial score (nSPS) is 16.3. The molecule has 2 aliphatic rings. The Hall–Kier alpha value is -3.83. The number of halogens is 1. The van der Waals surface area contributed by atoms with Crippen molar-refractivity contribution >= 4 is 16.9 Å². The second-order valence-corrected chi connectivity index (χ2v) is 8.84. The minimum atomic E-state index is -0.460. The van der Waals surface area contributed by atoms with E-state index in [1.165, 1.54) is 6.07 Å². The fourth-order valence-corrected chi connectivity index (χ4v) is 4.38. The van der Waals surface area contributed by atoms with Crippen molar-refractivity contribution < 1.29 is 13.9 Å². The van der Waals surface area contributed by atoms with Gasteiger partial charge in [0.2, 0.25) is 0 Å². The van der Waals surface area contributed by atoms with Crippen LogP contribution in [0.2, 0.25) is 0 Å². The molecule has 11 heteroatoms. The van der Waals surface area contributed by atoms with Crippen LogP contribution in [-0.2, 0) is 17.9 Å². The summed E-state index contributed by atoms with van der Waals surface area (Å²) in [7, 11) is 0. The van der Waals surface area contributed by atoms with Gasteiger partial charge in [0.25, 0.3) is 0 Å². The number of ether oxygens (including phenoxy) is 2. The van der Waals surface area contributed by atoms with Crippen molar-refractivity contribution in [3.8, 4) is 17.1 Å². The van der Waals surface area contributed by atoms with E-state index in [-0.39, 0.29) is 12.4 Å². The first-order valence-corrected chi connectivity index (χ1v) is 12.1. The highest BCUT2D eigenvalue weighted by molar-refractivity contribution is 6.02. The lowest BCUT2D eigenvalue weighted by atomic mass is 10.2. The van der Waals surface area contributed by atoms with E-state index >= 15 is 0 Å². The molecule has 2 aromatic carbocycles. The number of fused-ring (bicyclic) bond motifs is 1. The lowest BCUT2D eigenvalue weighted by molar-refractivity contribution is 0.0359. The lowest BCUT2D eigenvalue weighted by Gasteiger charge is -2.26. The molecule has 1 saturated heterocycles. The minimum absolute atomic E-state index is 0.138. The summed E-state index contributed by atoms with van der Waals surface area (Å²) in [4.78, 5) is 14.7. The maximum atomic E-state index is 14.8. The van der Waals surface area contributed by atoms with Crippen LogP contribution in [0.5, 0.6) is 5.75 Å². The quantitative estimate of drug-likeness (QED) is 0.390. The Morgan fingerprint density at radius 1 is 1.06 bits per heavy atom. The molecule has 0 unspecified atom stereocenters. The number of aliphatic imine (C=N–C) groups is 1. The molecule has 0 bridgehead atoms. The third kappa shape index (κ3) is 4.93. The molecule has 1 fully saturated rings. The molecule has 0 spiro atoms. The third-order valence-electron chi connectivity index (χ3n) is 6.35. The van der Waals surface area contributed by atoms with Gasteiger partial charge in [-0.05, 0) is 36.4 Å². The van der Waals surface area contributed by atoms with Crippen molar-refractivity contribution in [1.29, 1.82) is 0 Å². The van der Waals surface area contributed by atoms with E-state index in [2.05, 4.69) is 35.5 Å². The summed E-state index contributed by atoms with van der Waals surface area (Å²) in [6.07, 6.45) is 1.84. The van der Waals surface area contributed by atoms with Gasteiger partial charge in [-0.2, -0.15) is 0 Å². The molecule has 0 amide bonds. The van der Waals surface area contributed by atoms with Crippen LogP contribution in [0.25, 0.3) is 22.4 Å². The lowest BCUT2D eigenvalue weighted by Crippen LogP contribution is -2.38. The highest BCUT2D eigenvalue weighted by atomic mass is 19.1. The van der Waals surface area contributed by atoms with Crippen LogP contribution in [0.4, 0.5) is 4.39 Å². The Kier molecular flexibility index (Phi) is 6.31. The molecule has 0 aliphatic carbocycles. The maximum Gasteiger partial charge on any atom is 0.165 e. The monoisotopic (exact) mass is 490 g/mol. The van der Waals surface area contributed by atoms with E-state index in [0.29, 0.717) is 17.1 Å². The average molecular weight is 491 g/mol. The SMILES string of the molecule is Fc1cc(-c2nc3ccc(C4=NCCN4)cc3[nH]2)ccc1OCc1cn(CCN2CCOCC2)nn1. The largest absolute Gasteiger partial charge is 0.484 e. The van der Waals surface area contributed by atoms with Crippen LogP contribution in [-0.4, -0.2) is 81.6 Å². The number of nitrogens with zero attached hydrogens (tertiary/aromatic N) is 6. The van der Waals surface area contributed by atoms with E-state index in [9.17, 15) is 4.39 Å². The van der Waals surface area contributed by atoms with Crippen molar-refractivity contribution in [2.24, 2.45) is 4.99 Å². The first kappa shape index (κ1) is 22.6. The molecule has 4 aromatic rings. The summed E-state index contributed by atoms with van der Waals surface area (Å²) >= 11 is 0. The Labute approximate surface area is 207 Å². The number of aromatic nitrogens is 5. The number of imidazole rings is 1. The van der Waals surface area contributed by atoms with E-state index < -0.39 is 5.82 Å². The van der Waals surface area contributed by atoms with Gasteiger partial charge < -0.3 is 19.8 Å². The van der Waals surface area contributed by atoms with Crippen molar-refractivity contribution in [3.63, 3.8) is 0 Å². The third-order valence-corrected chi connectivity index (χ3v) is 6.35. The number of amidine groups is 1. The van der Waals surface area contributed by atoms with E-state index in [4.69, 9.17) is 9.47 Å². The van der Waals surface area contributed by atoms with Gasteiger partial charge in [0.1, 0.15) is 24.0 Å². The number of hydrogen-bond donors (Lipinski definition) is 2. The molecule has 2 N–H and O–H groups in total. The first-order chi connectivity index (χ1) is 17.7. The van der Waals surface area contributed by atoms with Crippen LogP contribution in [0.3, 0.4) is 0 Å². The topological polar surface area (TPSA) is 105 Å². The molecule has 4 heterocycles. The molecule has 2 aliphatic heterocycles. The zero-order chi connectivity index (χ0) is 24.3. The second kappa shape index (κ2) is 10.0. The molecule has 10 nitrogen and oxygen atoms in total. The zero-order valence-corrected chi connectivity index (χ0v) is 19.8. The van der Waals surface area contributed by atoms with Gasteiger partial charge in [0.05, 0.1) is 43.5 Å². The molecule has 36 heavy (non-hydrogen) atoms. The molecule has 6 rings (SSSR count). The zero-order valence-electron chi connectivity index (χ0n) is 19.8. The predicted molar refractivity (Wildman–Crippen MR) is 133 cm³/mol. The maximum absolute atomic E-state index is 14.8. The molecule has 186 valence electrons. The van der Waals surface area contributed by atoms with Gasteiger partial charge in [0.15, 0.2) is 11.6 Å². The summed E-state index contributed by atoms with van der Waals surface area (Å²) in [6, 6.07) is 10.8. The number of H-pyrrole nitrogens is 1. The van der Waals surface area contributed by atoms with Gasteiger partial charge in [-0.1, -0.05) is 5.21 Å². The van der Waals surface area contributed by atoms with Gasteiger partial charge in [-0.3, -0.25) is 14.6 Å². The minimum Gasteiger partial charge on any atom is -0.484 e. The summed E-state index contributed by atoms with van der Waals surface area (Å²) < 4.78 is 27.7. The van der Waals surface area contributed by atoms with Crippen LogP contribution in [0.1, 0.15) is 11.3 Å². The molecule has 0 radical (unpaired) electrons. The van der Waals surface area contributed by atoms with Gasteiger partial charge in [0, 0.05) is 37.3 Å². The molecular weight excluding hydrogens is 463 g/mol. The smallest absolute Gasteiger partial charge is 0.165 e. The van der Waals surface area contributed by atoms with Gasteiger partial charge >= 0.3 is 0 Å². The van der Waals surface area contributed by atoms with E-state index in [1.807, 2.05) is 24.4 Å². The number of rotatable bonds is 8. The number of nitrogens with one attached hydrogen (secondary N) is 2. The summed E-state index contributed by atoms with van der Waals surface area (Å²) in [5, 5.41) is 11.6. The van der Waals surface area contributed by atoms with Crippen LogP contribution in [0.15, 0.2) is 47.6 Å². The molecular formula is C25H27FN8O2. The number of morpholine rings is 1. The fraction of sp³-hybridized carbons (Fsp3) is 0.360.